The molecule has 9 nitrogen and oxygen atoms in total. The molecule has 0 radical (unpaired) electrons. The van der Waals surface area contributed by atoms with Gasteiger partial charge in [-0.3, -0.25) is 4.57 Å². The van der Waals surface area contributed by atoms with Gasteiger partial charge in [0.2, 0.25) is 0 Å². The van der Waals surface area contributed by atoms with E-state index in [2.05, 4.69) is 4.52 Å². The molecule has 0 aromatic heterocycles. The van der Waals surface area contributed by atoms with Crippen LogP contribution in [0.3, 0.4) is 0 Å². The Balaban J connectivity index is 2.58. The molecule has 1 saturated heterocycles. The number of ether oxygens (including phenoxy) is 3. The van der Waals surface area contributed by atoms with Crippen LogP contribution in [0.5, 0.6) is 0 Å². The predicted octanol–water partition coefficient (Wildman–Crippen LogP) is -1.71. The number of aliphatic hydroxyl groups excluding tert-OH is 3. The molecular formula is C10H21O9P. The maximum absolute atomic E-state index is 11.0. The van der Waals surface area contributed by atoms with Crippen LogP contribution in [0.15, 0.2) is 0 Å². The van der Waals surface area contributed by atoms with Gasteiger partial charge in [-0.25, -0.2) is 0 Å². The first-order valence-corrected chi connectivity index (χ1v) is 8.03. The third-order valence-electron chi connectivity index (χ3n) is 2.72. The molecule has 0 aromatic rings. The number of hydrogen-bond acceptors (Lipinski definition) is 8. The lowest BCUT2D eigenvalue weighted by Gasteiger charge is -2.40. The molecule has 6 atom stereocenters. The van der Waals surface area contributed by atoms with Gasteiger partial charge in [0, 0.05) is 13.8 Å². The van der Waals surface area contributed by atoms with E-state index < -0.39 is 44.9 Å². The summed E-state index contributed by atoms with van der Waals surface area (Å²) >= 11 is 0. The molecule has 0 amide bonds. The summed E-state index contributed by atoms with van der Waals surface area (Å²) in [5.41, 5.74) is 0. The van der Waals surface area contributed by atoms with Crippen molar-refractivity contribution in [2.75, 3.05) is 33.6 Å². The van der Waals surface area contributed by atoms with E-state index >= 15 is 0 Å². The van der Waals surface area contributed by atoms with E-state index in [1.165, 1.54) is 7.11 Å². The second-order valence-corrected chi connectivity index (χ2v) is 6.34. The van der Waals surface area contributed by atoms with E-state index in [9.17, 15) is 19.9 Å². The standard InChI is InChI=1S/C10H21O9P/c1-16-3-4-17-10-9(13)8(12)7(11)6(19-10)5-18-20(2,14)15/h6-13H,3-5H2,1-2H3,(H,14,15). The molecule has 6 unspecified atom stereocenters. The maximum Gasteiger partial charge on any atom is 0.325 e. The number of methoxy groups -OCH3 is 1. The second kappa shape index (κ2) is 7.79. The van der Waals surface area contributed by atoms with E-state index in [4.69, 9.17) is 19.1 Å². The van der Waals surface area contributed by atoms with Crippen molar-refractivity contribution in [1.82, 2.24) is 0 Å². The van der Waals surface area contributed by atoms with Crippen molar-refractivity contribution in [2.45, 2.75) is 30.7 Å². The summed E-state index contributed by atoms with van der Waals surface area (Å²) in [6, 6.07) is 0. The van der Waals surface area contributed by atoms with Gasteiger partial charge in [0.15, 0.2) is 6.29 Å². The fraction of sp³-hybridized carbons (Fsp3) is 1.00. The largest absolute Gasteiger partial charge is 0.387 e. The zero-order chi connectivity index (χ0) is 15.3. The monoisotopic (exact) mass is 316 g/mol. The molecule has 0 aromatic carbocycles. The molecule has 1 aliphatic rings. The van der Waals surface area contributed by atoms with E-state index in [1.807, 2.05) is 0 Å². The fourth-order valence-corrected chi connectivity index (χ4v) is 2.07. The van der Waals surface area contributed by atoms with Gasteiger partial charge in [0.1, 0.15) is 24.4 Å². The molecule has 1 heterocycles. The Labute approximate surface area is 116 Å². The number of rotatable bonds is 7. The summed E-state index contributed by atoms with van der Waals surface area (Å²) in [7, 11) is -2.27. The van der Waals surface area contributed by atoms with Crippen LogP contribution in [-0.4, -0.2) is 84.5 Å². The van der Waals surface area contributed by atoms with Gasteiger partial charge in [-0.2, -0.15) is 0 Å². The van der Waals surface area contributed by atoms with Gasteiger partial charge >= 0.3 is 7.60 Å². The fourth-order valence-electron chi connectivity index (χ4n) is 1.65. The van der Waals surface area contributed by atoms with Crippen molar-refractivity contribution in [3.63, 3.8) is 0 Å². The van der Waals surface area contributed by atoms with Crippen molar-refractivity contribution in [2.24, 2.45) is 0 Å². The maximum atomic E-state index is 11.0. The Morgan fingerprint density at radius 2 is 1.80 bits per heavy atom. The minimum atomic E-state index is -3.74. The predicted molar refractivity (Wildman–Crippen MR) is 66.2 cm³/mol. The van der Waals surface area contributed by atoms with E-state index in [1.54, 1.807) is 0 Å². The summed E-state index contributed by atoms with van der Waals surface area (Å²) < 4.78 is 30.8. The van der Waals surface area contributed by atoms with Crippen LogP contribution in [0.4, 0.5) is 0 Å². The Hall–Kier alpha value is -0.0900. The van der Waals surface area contributed by atoms with Crippen LogP contribution in [0.25, 0.3) is 0 Å². The first-order valence-electron chi connectivity index (χ1n) is 6.01. The van der Waals surface area contributed by atoms with Crippen molar-refractivity contribution in [3.05, 3.63) is 0 Å². The summed E-state index contributed by atoms with van der Waals surface area (Å²) in [5.74, 6) is 0. The summed E-state index contributed by atoms with van der Waals surface area (Å²) in [5, 5.41) is 29.1. The molecular weight excluding hydrogens is 295 g/mol. The Bertz CT molecular complexity index is 333. The van der Waals surface area contributed by atoms with Gasteiger partial charge < -0.3 is 38.9 Å². The van der Waals surface area contributed by atoms with Crippen LogP contribution in [0.2, 0.25) is 0 Å². The van der Waals surface area contributed by atoms with Crippen LogP contribution in [0.1, 0.15) is 0 Å². The van der Waals surface area contributed by atoms with E-state index in [-0.39, 0.29) is 13.2 Å². The lowest BCUT2D eigenvalue weighted by molar-refractivity contribution is -0.301. The highest BCUT2D eigenvalue weighted by Crippen LogP contribution is 2.37. The molecule has 1 fully saturated rings. The molecule has 10 heteroatoms. The quantitative estimate of drug-likeness (QED) is 0.320. The van der Waals surface area contributed by atoms with Gasteiger partial charge in [-0.15, -0.1) is 0 Å². The Kier molecular flexibility index (Phi) is 6.99. The highest BCUT2D eigenvalue weighted by Gasteiger charge is 2.44. The van der Waals surface area contributed by atoms with Crippen molar-refractivity contribution in [1.29, 1.82) is 0 Å². The van der Waals surface area contributed by atoms with E-state index in [0.29, 0.717) is 0 Å². The van der Waals surface area contributed by atoms with Gasteiger partial charge in [0.25, 0.3) is 0 Å². The van der Waals surface area contributed by atoms with Crippen LogP contribution < -0.4 is 0 Å². The normalized spacial score (nSPS) is 37.6. The molecule has 0 spiro atoms. The topological polar surface area (TPSA) is 135 Å². The van der Waals surface area contributed by atoms with E-state index in [0.717, 1.165) is 6.66 Å². The summed E-state index contributed by atoms with van der Waals surface area (Å²) in [6.45, 7) is 0.938. The first-order chi connectivity index (χ1) is 9.26. The van der Waals surface area contributed by atoms with Crippen LogP contribution in [-0.2, 0) is 23.3 Å². The lowest BCUT2D eigenvalue weighted by Crippen LogP contribution is -2.59. The second-order valence-electron chi connectivity index (χ2n) is 4.48. The van der Waals surface area contributed by atoms with Gasteiger partial charge in [0.05, 0.1) is 19.8 Å². The van der Waals surface area contributed by atoms with Crippen LogP contribution >= 0.6 is 7.60 Å². The molecule has 1 rings (SSSR count). The zero-order valence-electron chi connectivity index (χ0n) is 11.3. The van der Waals surface area contributed by atoms with Crippen molar-refractivity contribution < 1.29 is 43.5 Å². The highest BCUT2D eigenvalue weighted by atomic mass is 31.2. The van der Waals surface area contributed by atoms with Crippen LogP contribution in [0, 0.1) is 0 Å². The minimum absolute atomic E-state index is 0.112. The summed E-state index contributed by atoms with van der Waals surface area (Å²) in [6.07, 6.45) is -6.70. The smallest absolute Gasteiger partial charge is 0.325 e. The first kappa shape index (κ1) is 18.0. The molecule has 0 saturated carbocycles. The van der Waals surface area contributed by atoms with Gasteiger partial charge in [-0.05, 0) is 0 Å². The number of aliphatic hydroxyl groups is 3. The molecule has 0 bridgehead atoms. The summed E-state index contributed by atoms with van der Waals surface area (Å²) in [4.78, 5) is 9.03. The average Bonchev–Trinajstić information content (AvgIpc) is 2.36. The lowest BCUT2D eigenvalue weighted by atomic mass is 9.99. The third kappa shape index (κ3) is 5.36. The Morgan fingerprint density at radius 1 is 1.15 bits per heavy atom. The SMILES string of the molecule is COCCOC1OC(COP(C)(=O)O)C(O)C(O)C1O. The van der Waals surface area contributed by atoms with Gasteiger partial charge in [-0.1, -0.05) is 0 Å². The minimum Gasteiger partial charge on any atom is -0.387 e. The molecule has 120 valence electrons. The molecule has 4 N–H and O–H groups in total. The highest BCUT2D eigenvalue weighted by molar-refractivity contribution is 7.51. The molecule has 20 heavy (non-hydrogen) atoms. The molecule has 0 aliphatic carbocycles. The number of hydrogen-bond donors (Lipinski definition) is 4. The average molecular weight is 316 g/mol. The van der Waals surface area contributed by atoms with Crippen molar-refractivity contribution in [3.8, 4) is 0 Å². The Morgan fingerprint density at radius 3 is 2.35 bits per heavy atom. The zero-order valence-corrected chi connectivity index (χ0v) is 12.2. The molecule has 1 aliphatic heterocycles. The third-order valence-corrected chi connectivity index (χ3v) is 3.34. The van der Waals surface area contributed by atoms with Crippen molar-refractivity contribution >= 4 is 7.60 Å².